The quantitative estimate of drug-likeness (QED) is 0.440. The maximum Gasteiger partial charge on any atom is 0.292 e. The lowest BCUT2D eigenvalue weighted by Crippen LogP contribution is -2.43. The van der Waals surface area contributed by atoms with Crippen LogP contribution in [0, 0.1) is 16.0 Å². The van der Waals surface area contributed by atoms with E-state index in [1.807, 2.05) is 11.0 Å². The molecular weight excluding hydrogens is 318 g/mol. The van der Waals surface area contributed by atoms with E-state index >= 15 is 0 Å². The summed E-state index contributed by atoms with van der Waals surface area (Å²) in [6.07, 6.45) is 6.03. The first-order chi connectivity index (χ1) is 12.0. The lowest BCUT2D eigenvalue weighted by atomic mass is 9.94. The third-order valence-electron chi connectivity index (χ3n) is 4.91. The van der Waals surface area contributed by atoms with Crippen LogP contribution in [0.2, 0.25) is 0 Å². The Morgan fingerprint density at radius 2 is 2.00 bits per heavy atom. The monoisotopic (exact) mass is 347 g/mol. The maximum absolute atomic E-state index is 12.4. The molecule has 0 aliphatic carbocycles. The van der Waals surface area contributed by atoms with Gasteiger partial charge in [-0.3, -0.25) is 14.9 Å². The van der Waals surface area contributed by atoms with Crippen LogP contribution in [0.5, 0.6) is 0 Å². The summed E-state index contributed by atoms with van der Waals surface area (Å²) in [6, 6.07) is 7.04. The molecule has 1 atom stereocenters. The van der Waals surface area contributed by atoms with Crippen molar-refractivity contribution in [3.63, 3.8) is 0 Å². The second-order valence-corrected chi connectivity index (χ2v) is 6.91. The molecular formula is C19H29N3O3. The van der Waals surface area contributed by atoms with Crippen LogP contribution in [0.15, 0.2) is 24.3 Å². The number of piperidine rings is 1. The Balaban J connectivity index is 1.85. The molecule has 1 unspecified atom stereocenters. The molecule has 1 saturated heterocycles. The second-order valence-electron chi connectivity index (χ2n) is 6.91. The molecule has 1 heterocycles. The van der Waals surface area contributed by atoms with Gasteiger partial charge in [0.05, 0.1) is 4.92 Å². The number of nitro benzene ring substituents is 1. The van der Waals surface area contributed by atoms with Crippen LogP contribution in [-0.4, -0.2) is 30.0 Å². The van der Waals surface area contributed by atoms with Gasteiger partial charge in [0.1, 0.15) is 5.69 Å². The number of rotatable bonds is 8. The van der Waals surface area contributed by atoms with E-state index in [4.69, 9.17) is 0 Å². The fourth-order valence-electron chi connectivity index (χ4n) is 3.40. The van der Waals surface area contributed by atoms with Crippen molar-refractivity contribution in [2.75, 3.05) is 18.0 Å². The third kappa shape index (κ3) is 5.44. The molecule has 1 fully saturated rings. The van der Waals surface area contributed by atoms with Gasteiger partial charge in [0.15, 0.2) is 0 Å². The van der Waals surface area contributed by atoms with Crippen molar-refractivity contribution in [1.29, 1.82) is 0 Å². The number of nitro groups is 1. The van der Waals surface area contributed by atoms with Gasteiger partial charge in [-0.1, -0.05) is 38.3 Å². The summed E-state index contributed by atoms with van der Waals surface area (Å²) in [5.41, 5.74) is 0.786. The first-order valence-corrected chi connectivity index (χ1v) is 9.31. The number of nitrogens with zero attached hydrogens (tertiary/aromatic N) is 2. The molecule has 0 radical (unpaired) electrons. The summed E-state index contributed by atoms with van der Waals surface area (Å²) < 4.78 is 0. The molecule has 6 heteroatoms. The summed E-state index contributed by atoms with van der Waals surface area (Å²) in [6.45, 7) is 5.59. The molecule has 1 N–H and O–H groups in total. The van der Waals surface area contributed by atoms with Crippen molar-refractivity contribution in [3.05, 3.63) is 34.4 Å². The normalized spacial score (nSPS) is 16.5. The predicted molar refractivity (Wildman–Crippen MR) is 99.8 cm³/mol. The maximum atomic E-state index is 12.4. The average molecular weight is 347 g/mol. The van der Waals surface area contributed by atoms with Crippen molar-refractivity contribution in [2.45, 2.75) is 58.4 Å². The largest absolute Gasteiger partial charge is 0.366 e. The van der Waals surface area contributed by atoms with Crippen molar-refractivity contribution in [3.8, 4) is 0 Å². The highest BCUT2D eigenvalue weighted by atomic mass is 16.6. The smallest absolute Gasteiger partial charge is 0.292 e. The van der Waals surface area contributed by atoms with E-state index in [9.17, 15) is 14.9 Å². The number of hydrogen-bond acceptors (Lipinski definition) is 4. The zero-order valence-electron chi connectivity index (χ0n) is 15.2. The van der Waals surface area contributed by atoms with Crippen molar-refractivity contribution >= 4 is 17.3 Å². The first kappa shape index (κ1) is 19.2. The number of anilines is 1. The molecule has 6 nitrogen and oxygen atoms in total. The number of amides is 1. The Labute approximate surface area is 149 Å². The minimum atomic E-state index is -0.341. The second kappa shape index (κ2) is 9.39. The van der Waals surface area contributed by atoms with Gasteiger partial charge >= 0.3 is 0 Å². The van der Waals surface area contributed by atoms with Crippen molar-refractivity contribution in [2.24, 2.45) is 5.92 Å². The Morgan fingerprint density at radius 3 is 2.64 bits per heavy atom. The molecule has 0 bridgehead atoms. The van der Waals surface area contributed by atoms with Gasteiger partial charge in [-0.2, -0.15) is 0 Å². The zero-order chi connectivity index (χ0) is 18.2. The highest BCUT2D eigenvalue weighted by molar-refractivity contribution is 5.79. The summed E-state index contributed by atoms with van der Waals surface area (Å²) in [7, 11) is 0. The van der Waals surface area contributed by atoms with Crippen LogP contribution >= 0.6 is 0 Å². The number of benzene rings is 1. The van der Waals surface area contributed by atoms with E-state index in [-0.39, 0.29) is 28.5 Å². The molecule has 0 saturated carbocycles. The number of carbonyl (C=O) groups is 1. The van der Waals surface area contributed by atoms with E-state index < -0.39 is 0 Å². The van der Waals surface area contributed by atoms with Gasteiger partial charge in [0.25, 0.3) is 5.69 Å². The molecule has 2 rings (SSSR count). The Kier molecular flexibility index (Phi) is 7.22. The molecule has 1 aliphatic heterocycles. The highest BCUT2D eigenvalue weighted by Crippen LogP contribution is 2.31. The van der Waals surface area contributed by atoms with Crippen LogP contribution in [0.25, 0.3) is 0 Å². The van der Waals surface area contributed by atoms with E-state index in [1.165, 1.54) is 18.9 Å². The highest BCUT2D eigenvalue weighted by Gasteiger charge is 2.28. The van der Waals surface area contributed by atoms with E-state index in [2.05, 4.69) is 19.2 Å². The van der Waals surface area contributed by atoms with Gasteiger partial charge < -0.3 is 10.2 Å². The molecule has 1 aromatic rings. The summed E-state index contributed by atoms with van der Waals surface area (Å²) in [5, 5.41) is 14.3. The third-order valence-corrected chi connectivity index (χ3v) is 4.91. The molecule has 0 spiro atoms. The molecule has 138 valence electrons. The molecule has 1 aliphatic rings. The summed E-state index contributed by atoms with van der Waals surface area (Å²) in [5.74, 6) is 0.138. The number of para-hydroxylation sites is 2. The Bertz CT molecular complexity index is 583. The molecule has 1 aromatic carbocycles. The minimum absolute atomic E-state index is 0.00708. The van der Waals surface area contributed by atoms with E-state index in [0.717, 1.165) is 25.7 Å². The molecule has 0 aromatic heterocycles. The SMILES string of the molecule is CCCCCC(C)NC(=O)C1CCN(c2ccccc2[N+](=O)[O-])CC1. The summed E-state index contributed by atoms with van der Waals surface area (Å²) >= 11 is 0. The van der Waals surface area contributed by atoms with Gasteiger partial charge in [0.2, 0.25) is 5.91 Å². The standard InChI is InChI=1S/C19H29N3O3/c1-3-4-5-8-15(2)20-19(23)16-11-13-21(14-12-16)17-9-6-7-10-18(17)22(24)25/h6-7,9-10,15-16H,3-5,8,11-14H2,1-2H3,(H,20,23). The zero-order valence-corrected chi connectivity index (χ0v) is 15.2. The average Bonchev–Trinajstić information content (AvgIpc) is 2.62. The number of carbonyl (C=O) groups excluding carboxylic acids is 1. The van der Waals surface area contributed by atoms with Crippen LogP contribution in [0.1, 0.15) is 52.4 Å². The lowest BCUT2D eigenvalue weighted by Gasteiger charge is -2.33. The minimum Gasteiger partial charge on any atom is -0.366 e. The molecule has 25 heavy (non-hydrogen) atoms. The van der Waals surface area contributed by atoms with Gasteiger partial charge in [0, 0.05) is 31.1 Å². The molecule has 1 amide bonds. The van der Waals surface area contributed by atoms with Crippen LogP contribution in [0.3, 0.4) is 0 Å². The van der Waals surface area contributed by atoms with Crippen LogP contribution in [-0.2, 0) is 4.79 Å². The van der Waals surface area contributed by atoms with E-state index in [0.29, 0.717) is 18.8 Å². The lowest BCUT2D eigenvalue weighted by molar-refractivity contribution is -0.384. The number of hydrogen-bond donors (Lipinski definition) is 1. The Hall–Kier alpha value is -2.11. The number of unbranched alkanes of at least 4 members (excludes halogenated alkanes) is 2. The van der Waals surface area contributed by atoms with E-state index in [1.54, 1.807) is 12.1 Å². The van der Waals surface area contributed by atoms with Gasteiger partial charge in [-0.05, 0) is 32.3 Å². The Morgan fingerprint density at radius 1 is 1.32 bits per heavy atom. The van der Waals surface area contributed by atoms with Crippen molar-refractivity contribution in [1.82, 2.24) is 5.32 Å². The van der Waals surface area contributed by atoms with Gasteiger partial charge in [-0.25, -0.2) is 0 Å². The summed E-state index contributed by atoms with van der Waals surface area (Å²) in [4.78, 5) is 25.3. The van der Waals surface area contributed by atoms with Crippen molar-refractivity contribution < 1.29 is 9.72 Å². The first-order valence-electron chi connectivity index (χ1n) is 9.31. The topological polar surface area (TPSA) is 75.5 Å². The van der Waals surface area contributed by atoms with Crippen LogP contribution < -0.4 is 10.2 Å². The fourth-order valence-corrected chi connectivity index (χ4v) is 3.40. The fraction of sp³-hybridized carbons (Fsp3) is 0.632. The van der Waals surface area contributed by atoms with Gasteiger partial charge in [-0.15, -0.1) is 0 Å². The van der Waals surface area contributed by atoms with Crippen LogP contribution in [0.4, 0.5) is 11.4 Å². The predicted octanol–water partition coefficient (Wildman–Crippen LogP) is 3.90. The number of nitrogens with one attached hydrogen (secondary N) is 1.